The molecule has 0 saturated carbocycles. The van der Waals surface area contributed by atoms with Crippen molar-refractivity contribution in [3.05, 3.63) is 48.0 Å². The lowest BCUT2D eigenvalue weighted by atomic mass is 10.1. The van der Waals surface area contributed by atoms with Gasteiger partial charge in [-0.15, -0.1) is 10.2 Å². The SMILES string of the molecule is O=C(N=Nc1c(O)[nH]c2ccccc12)c1c(O)cccc1O. The van der Waals surface area contributed by atoms with E-state index in [4.69, 9.17) is 0 Å². The summed E-state index contributed by atoms with van der Waals surface area (Å²) < 4.78 is 0. The van der Waals surface area contributed by atoms with Gasteiger partial charge in [-0.25, -0.2) is 0 Å². The Morgan fingerprint density at radius 1 is 0.955 bits per heavy atom. The molecular formula is C15H11N3O4. The first kappa shape index (κ1) is 13.6. The first-order chi connectivity index (χ1) is 10.6. The summed E-state index contributed by atoms with van der Waals surface area (Å²) in [5, 5.41) is 36.8. The minimum atomic E-state index is -0.916. The summed E-state index contributed by atoms with van der Waals surface area (Å²) >= 11 is 0. The highest BCUT2D eigenvalue weighted by atomic mass is 16.3. The molecule has 7 nitrogen and oxygen atoms in total. The van der Waals surface area contributed by atoms with Crippen LogP contribution in [0.4, 0.5) is 5.69 Å². The molecule has 0 aliphatic heterocycles. The van der Waals surface area contributed by atoms with Crippen molar-refractivity contribution in [3.8, 4) is 17.4 Å². The number of aromatic amines is 1. The fraction of sp³-hybridized carbons (Fsp3) is 0. The van der Waals surface area contributed by atoms with Crippen LogP contribution in [0.3, 0.4) is 0 Å². The molecule has 1 amide bonds. The number of carbonyl (C=O) groups excluding carboxylic acids is 1. The lowest BCUT2D eigenvalue weighted by molar-refractivity contribution is 0.0990. The van der Waals surface area contributed by atoms with Gasteiger partial charge in [0, 0.05) is 5.39 Å². The maximum atomic E-state index is 12.0. The van der Waals surface area contributed by atoms with Crippen LogP contribution < -0.4 is 0 Å². The smallest absolute Gasteiger partial charge is 0.302 e. The highest BCUT2D eigenvalue weighted by Crippen LogP contribution is 2.35. The molecule has 0 unspecified atom stereocenters. The Morgan fingerprint density at radius 2 is 1.64 bits per heavy atom. The minimum absolute atomic E-state index is 0.110. The summed E-state index contributed by atoms with van der Waals surface area (Å²) in [6.45, 7) is 0. The second-order valence-electron chi connectivity index (χ2n) is 4.54. The van der Waals surface area contributed by atoms with Crippen molar-refractivity contribution in [1.29, 1.82) is 0 Å². The number of benzene rings is 2. The number of amides is 1. The molecular weight excluding hydrogens is 286 g/mol. The number of aromatic nitrogens is 1. The molecule has 1 heterocycles. The Hall–Kier alpha value is -3.35. The van der Waals surface area contributed by atoms with E-state index in [1.807, 2.05) is 0 Å². The normalized spacial score (nSPS) is 11.3. The van der Waals surface area contributed by atoms with Crippen molar-refractivity contribution >= 4 is 22.5 Å². The number of hydrogen-bond acceptors (Lipinski definition) is 5. The molecule has 0 aliphatic carbocycles. The van der Waals surface area contributed by atoms with Gasteiger partial charge in [-0.2, -0.15) is 0 Å². The number of carbonyl (C=O) groups is 1. The van der Waals surface area contributed by atoms with Gasteiger partial charge in [0.2, 0.25) is 5.88 Å². The average molecular weight is 297 g/mol. The molecule has 2 aromatic carbocycles. The Balaban J connectivity index is 2.00. The van der Waals surface area contributed by atoms with E-state index in [-0.39, 0.29) is 17.1 Å². The van der Waals surface area contributed by atoms with Crippen LogP contribution in [0.2, 0.25) is 0 Å². The van der Waals surface area contributed by atoms with Gasteiger partial charge in [0.25, 0.3) is 0 Å². The quantitative estimate of drug-likeness (QED) is 0.543. The summed E-state index contributed by atoms with van der Waals surface area (Å²) in [7, 11) is 0. The van der Waals surface area contributed by atoms with Crippen molar-refractivity contribution < 1.29 is 20.1 Å². The van der Waals surface area contributed by atoms with Crippen LogP contribution >= 0.6 is 0 Å². The maximum absolute atomic E-state index is 12.0. The van der Waals surface area contributed by atoms with E-state index in [0.717, 1.165) is 0 Å². The zero-order valence-electron chi connectivity index (χ0n) is 11.2. The van der Waals surface area contributed by atoms with Crippen LogP contribution in [0.25, 0.3) is 10.9 Å². The number of H-pyrrole nitrogens is 1. The number of nitrogens with one attached hydrogen (secondary N) is 1. The van der Waals surface area contributed by atoms with Crippen molar-refractivity contribution in [2.75, 3.05) is 0 Å². The summed E-state index contributed by atoms with van der Waals surface area (Å²) in [5.74, 6) is -1.93. The molecule has 3 rings (SSSR count). The molecule has 0 atom stereocenters. The van der Waals surface area contributed by atoms with E-state index < -0.39 is 17.4 Å². The molecule has 7 heteroatoms. The predicted molar refractivity (Wildman–Crippen MR) is 78.6 cm³/mol. The van der Waals surface area contributed by atoms with Crippen LogP contribution in [0.1, 0.15) is 10.4 Å². The van der Waals surface area contributed by atoms with Gasteiger partial charge in [-0.3, -0.25) is 4.79 Å². The molecule has 0 saturated heterocycles. The van der Waals surface area contributed by atoms with Gasteiger partial charge in [-0.1, -0.05) is 24.3 Å². The maximum Gasteiger partial charge on any atom is 0.302 e. The molecule has 22 heavy (non-hydrogen) atoms. The van der Waals surface area contributed by atoms with Gasteiger partial charge in [0.05, 0.1) is 5.52 Å². The molecule has 1 aromatic heterocycles. The zero-order chi connectivity index (χ0) is 15.7. The van der Waals surface area contributed by atoms with Crippen molar-refractivity contribution in [2.45, 2.75) is 0 Å². The van der Waals surface area contributed by atoms with Gasteiger partial charge in [-0.05, 0) is 18.2 Å². The molecule has 110 valence electrons. The first-order valence-electron chi connectivity index (χ1n) is 6.34. The fourth-order valence-electron chi connectivity index (χ4n) is 2.11. The third-order valence-corrected chi connectivity index (χ3v) is 3.13. The van der Waals surface area contributed by atoms with E-state index in [0.29, 0.717) is 10.9 Å². The minimum Gasteiger partial charge on any atom is -0.507 e. The lowest BCUT2D eigenvalue weighted by Crippen LogP contribution is -1.94. The van der Waals surface area contributed by atoms with E-state index in [1.54, 1.807) is 24.3 Å². The lowest BCUT2D eigenvalue weighted by Gasteiger charge is -2.01. The van der Waals surface area contributed by atoms with Crippen molar-refractivity contribution in [1.82, 2.24) is 4.98 Å². The highest BCUT2D eigenvalue weighted by Gasteiger charge is 2.16. The van der Waals surface area contributed by atoms with Crippen LogP contribution in [0.5, 0.6) is 17.4 Å². The molecule has 0 spiro atoms. The van der Waals surface area contributed by atoms with Crippen LogP contribution in [0.15, 0.2) is 52.7 Å². The zero-order valence-corrected chi connectivity index (χ0v) is 11.2. The second kappa shape index (κ2) is 5.21. The number of hydrogen-bond donors (Lipinski definition) is 4. The third-order valence-electron chi connectivity index (χ3n) is 3.13. The third kappa shape index (κ3) is 2.24. The second-order valence-corrected chi connectivity index (χ2v) is 4.54. The summed E-state index contributed by atoms with van der Waals surface area (Å²) in [4.78, 5) is 14.7. The van der Waals surface area contributed by atoms with Gasteiger partial charge in [0.15, 0.2) is 5.69 Å². The first-order valence-corrected chi connectivity index (χ1v) is 6.34. The number of phenolic OH excluding ortho intramolecular Hbond substituents is 2. The Labute approximate surface area is 124 Å². The van der Waals surface area contributed by atoms with Crippen LogP contribution in [-0.4, -0.2) is 26.2 Å². The topological polar surface area (TPSA) is 118 Å². The average Bonchev–Trinajstić information content (AvgIpc) is 2.80. The Kier molecular flexibility index (Phi) is 3.23. The number of rotatable bonds is 2. The van der Waals surface area contributed by atoms with E-state index >= 15 is 0 Å². The highest BCUT2D eigenvalue weighted by molar-refractivity contribution is 6.00. The fourth-order valence-corrected chi connectivity index (χ4v) is 2.11. The Bertz CT molecular complexity index is 879. The van der Waals surface area contributed by atoms with Crippen molar-refractivity contribution in [2.24, 2.45) is 10.2 Å². The number of aromatic hydroxyl groups is 3. The predicted octanol–water partition coefficient (Wildman–Crippen LogP) is 3.21. The van der Waals surface area contributed by atoms with Gasteiger partial charge >= 0.3 is 5.91 Å². The standard InChI is InChI=1S/C15H11N3O4/c19-10-6-3-7-11(20)12(10)14(21)18-17-13-8-4-1-2-5-9(8)16-15(13)22/h1-7,16,19-20,22H. The number of phenols is 2. The number of fused-ring (bicyclic) bond motifs is 1. The molecule has 0 bridgehead atoms. The summed E-state index contributed by atoms with van der Waals surface area (Å²) in [5.41, 5.74) is 0.413. The molecule has 0 aliphatic rings. The van der Waals surface area contributed by atoms with E-state index in [2.05, 4.69) is 15.2 Å². The van der Waals surface area contributed by atoms with Gasteiger partial charge in [0.1, 0.15) is 17.1 Å². The number of azo groups is 1. The largest absolute Gasteiger partial charge is 0.507 e. The van der Waals surface area contributed by atoms with Crippen LogP contribution in [0, 0.1) is 0 Å². The molecule has 3 aromatic rings. The monoisotopic (exact) mass is 297 g/mol. The number of nitrogens with zero attached hydrogens (tertiary/aromatic N) is 2. The van der Waals surface area contributed by atoms with Gasteiger partial charge < -0.3 is 20.3 Å². The summed E-state index contributed by atoms with van der Waals surface area (Å²) in [6.07, 6.45) is 0. The van der Waals surface area contributed by atoms with E-state index in [1.165, 1.54) is 18.2 Å². The number of para-hydroxylation sites is 1. The molecule has 0 radical (unpaired) electrons. The molecule has 0 fully saturated rings. The van der Waals surface area contributed by atoms with Crippen LogP contribution in [-0.2, 0) is 0 Å². The van der Waals surface area contributed by atoms with Crippen molar-refractivity contribution in [3.63, 3.8) is 0 Å². The Morgan fingerprint density at radius 3 is 2.36 bits per heavy atom. The molecule has 4 N–H and O–H groups in total. The van der Waals surface area contributed by atoms with E-state index in [9.17, 15) is 20.1 Å². The summed E-state index contributed by atoms with van der Waals surface area (Å²) in [6, 6.07) is 10.9.